The van der Waals surface area contributed by atoms with Crippen molar-refractivity contribution in [2.75, 3.05) is 13.7 Å². The van der Waals surface area contributed by atoms with Crippen molar-refractivity contribution in [1.82, 2.24) is 4.90 Å². The molecule has 1 N–H and O–H groups in total. The van der Waals surface area contributed by atoms with Crippen LogP contribution in [0.15, 0.2) is 35.5 Å². The van der Waals surface area contributed by atoms with E-state index in [2.05, 4.69) is 13.5 Å². The second-order valence-electron chi connectivity index (χ2n) is 7.40. The molecular weight excluding hydrogens is 338 g/mol. The van der Waals surface area contributed by atoms with Gasteiger partial charge in [-0.15, -0.1) is 6.58 Å². The van der Waals surface area contributed by atoms with Gasteiger partial charge in [0.15, 0.2) is 6.29 Å². The Balaban J connectivity index is 3.02. The van der Waals surface area contributed by atoms with E-state index in [4.69, 9.17) is 5.11 Å². The van der Waals surface area contributed by atoms with Gasteiger partial charge in [-0.2, -0.15) is 0 Å². The molecule has 152 valence electrons. The summed E-state index contributed by atoms with van der Waals surface area (Å²) in [5.74, 6) is -0.0541. The highest BCUT2D eigenvalue weighted by Gasteiger charge is 2.26. The first kappa shape index (κ1) is 23.4. The lowest BCUT2D eigenvalue weighted by atomic mass is 9.93. The summed E-state index contributed by atoms with van der Waals surface area (Å²) in [4.78, 5) is 26.8. The summed E-state index contributed by atoms with van der Waals surface area (Å²) in [5.41, 5.74) is 2.29. The molecule has 27 heavy (non-hydrogen) atoms. The van der Waals surface area contributed by atoms with Crippen LogP contribution in [0, 0.1) is 0 Å². The molecule has 0 bridgehead atoms. The number of unbranched alkanes of at least 4 members (excludes halogenated alkanes) is 4. The minimum atomic E-state index is -0.0541. The van der Waals surface area contributed by atoms with Gasteiger partial charge in [-0.05, 0) is 44.9 Å². The molecule has 0 fully saturated rings. The molecule has 0 spiro atoms. The quantitative estimate of drug-likeness (QED) is 0.287. The Morgan fingerprint density at radius 2 is 2.04 bits per heavy atom. The summed E-state index contributed by atoms with van der Waals surface area (Å²) < 4.78 is 0. The van der Waals surface area contributed by atoms with Gasteiger partial charge in [0.2, 0.25) is 0 Å². The zero-order valence-corrected chi connectivity index (χ0v) is 17.2. The summed E-state index contributed by atoms with van der Waals surface area (Å²) in [5, 5.41) is 8.92. The smallest absolute Gasteiger partial charge is 0.254 e. The van der Waals surface area contributed by atoms with Gasteiger partial charge in [0.25, 0.3) is 5.91 Å². The molecule has 0 saturated heterocycles. The van der Waals surface area contributed by atoms with Gasteiger partial charge in [-0.1, -0.05) is 50.3 Å². The fourth-order valence-electron chi connectivity index (χ4n) is 3.65. The first-order chi connectivity index (χ1) is 13.1. The molecule has 1 aliphatic carbocycles. The third-order valence-electron chi connectivity index (χ3n) is 5.36. The Labute approximate surface area is 165 Å². The van der Waals surface area contributed by atoms with Crippen LogP contribution in [0.2, 0.25) is 0 Å². The first-order valence-electron chi connectivity index (χ1n) is 10.5. The van der Waals surface area contributed by atoms with Crippen LogP contribution in [-0.4, -0.2) is 41.9 Å². The molecule has 0 saturated carbocycles. The highest BCUT2D eigenvalue weighted by atomic mass is 16.3. The average Bonchev–Trinajstić information content (AvgIpc) is 2.89. The summed E-state index contributed by atoms with van der Waals surface area (Å²) in [6, 6.07) is -0.00749. The van der Waals surface area contributed by atoms with E-state index in [-0.39, 0.29) is 18.6 Å². The van der Waals surface area contributed by atoms with E-state index < -0.39 is 0 Å². The van der Waals surface area contributed by atoms with Crippen LogP contribution >= 0.6 is 0 Å². The number of likely N-dealkylation sites (N-methyl/N-ethyl adjacent to an activating group) is 1. The number of nitrogens with zero attached hydrogens (tertiary/aromatic N) is 1. The van der Waals surface area contributed by atoms with Gasteiger partial charge in [-0.25, -0.2) is 0 Å². The van der Waals surface area contributed by atoms with Crippen molar-refractivity contribution in [3.63, 3.8) is 0 Å². The largest absolute Gasteiger partial charge is 0.396 e. The fourth-order valence-corrected chi connectivity index (χ4v) is 3.65. The maximum Gasteiger partial charge on any atom is 0.254 e. The van der Waals surface area contributed by atoms with Crippen molar-refractivity contribution < 1.29 is 14.7 Å². The number of aldehydes is 1. The third kappa shape index (κ3) is 7.45. The van der Waals surface area contributed by atoms with Crippen LogP contribution < -0.4 is 0 Å². The van der Waals surface area contributed by atoms with Crippen LogP contribution in [0.25, 0.3) is 0 Å². The lowest BCUT2D eigenvalue weighted by molar-refractivity contribution is -0.127. The van der Waals surface area contributed by atoms with Crippen molar-refractivity contribution in [1.29, 1.82) is 0 Å². The Hall–Kier alpha value is -1.68. The van der Waals surface area contributed by atoms with Gasteiger partial charge >= 0.3 is 0 Å². The molecule has 0 heterocycles. The van der Waals surface area contributed by atoms with E-state index in [1.54, 1.807) is 4.90 Å². The number of aliphatic hydroxyl groups is 1. The molecule has 0 radical (unpaired) electrons. The lowest BCUT2D eigenvalue weighted by Gasteiger charge is -2.28. The predicted octanol–water partition coefficient (Wildman–Crippen LogP) is 4.74. The van der Waals surface area contributed by atoms with Crippen molar-refractivity contribution >= 4 is 12.2 Å². The minimum absolute atomic E-state index is 0.00749. The van der Waals surface area contributed by atoms with Gasteiger partial charge in [-0.3, -0.25) is 9.59 Å². The van der Waals surface area contributed by atoms with Gasteiger partial charge in [0.1, 0.15) is 0 Å². The van der Waals surface area contributed by atoms with E-state index in [0.717, 1.165) is 82.5 Å². The van der Waals surface area contributed by atoms with Gasteiger partial charge < -0.3 is 10.0 Å². The zero-order chi connectivity index (χ0) is 20.1. The lowest BCUT2D eigenvalue weighted by Crippen LogP contribution is -2.37. The van der Waals surface area contributed by atoms with Crippen molar-refractivity contribution in [3.8, 4) is 0 Å². The highest BCUT2D eigenvalue weighted by molar-refractivity contribution is 6.05. The number of hydrogen-bond donors (Lipinski definition) is 1. The summed E-state index contributed by atoms with van der Waals surface area (Å²) in [7, 11) is 1.82. The summed E-state index contributed by atoms with van der Waals surface area (Å²) in [6.07, 6.45) is 15.0. The predicted molar refractivity (Wildman–Crippen MR) is 111 cm³/mol. The number of carbonyl (C=O) groups is 2. The third-order valence-corrected chi connectivity index (χ3v) is 5.36. The second-order valence-corrected chi connectivity index (χ2v) is 7.40. The van der Waals surface area contributed by atoms with Gasteiger partial charge in [0, 0.05) is 30.8 Å². The first-order valence-corrected chi connectivity index (χ1v) is 10.5. The maximum atomic E-state index is 13.3. The molecule has 0 aromatic carbocycles. The topological polar surface area (TPSA) is 57.6 Å². The molecule has 1 atom stereocenters. The number of rotatable bonds is 13. The number of aliphatic hydroxyl groups excluding tert-OH is 1. The minimum Gasteiger partial charge on any atom is -0.396 e. The van der Waals surface area contributed by atoms with Crippen molar-refractivity contribution in [2.24, 2.45) is 0 Å². The van der Waals surface area contributed by atoms with Crippen molar-refractivity contribution in [3.05, 3.63) is 35.5 Å². The second kappa shape index (κ2) is 13.5. The monoisotopic (exact) mass is 375 g/mol. The van der Waals surface area contributed by atoms with Crippen LogP contribution in [0.1, 0.15) is 77.6 Å². The molecule has 4 nitrogen and oxygen atoms in total. The SMILES string of the molecule is C=CC(CCCC)N(C)C(=O)C1=C(CCCCCCO)CCCC=C1C=O. The molecule has 1 aliphatic rings. The van der Waals surface area contributed by atoms with E-state index in [1.807, 2.05) is 19.2 Å². The molecule has 4 heteroatoms. The van der Waals surface area contributed by atoms with E-state index in [1.165, 1.54) is 0 Å². The number of allylic oxidation sites excluding steroid dienone is 2. The molecule has 1 amide bonds. The van der Waals surface area contributed by atoms with E-state index in [0.29, 0.717) is 11.1 Å². The van der Waals surface area contributed by atoms with Crippen LogP contribution in [0.5, 0.6) is 0 Å². The molecule has 1 rings (SSSR count). The normalized spacial score (nSPS) is 15.7. The highest BCUT2D eigenvalue weighted by Crippen LogP contribution is 2.29. The van der Waals surface area contributed by atoms with Crippen molar-refractivity contribution in [2.45, 2.75) is 83.6 Å². The molecule has 0 aromatic rings. The Morgan fingerprint density at radius 3 is 2.67 bits per heavy atom. The molecular formula is C23H37NO3. The number of amides is 1. The standard InChI is InChI=1S/C23H37NO3/c1-4-6-16-21(5-2)24(3)23(27)22-19(13-9-7-8-12-17-25)14-10-11-15-20(22)18-26/h5,15,18,21,25H,2,4,6-14,16-17H2,1,3H3. The fraction of sp³-hybridized carbons (Fsp3) is 0.652. The molecule has 0 aliphatic heterocycles. The van der Waals surface area contributed by atoms with Gasteiger partial charge in [0.05, 0.1) is 0 Å². The Kier molecular flexibility index (Phi) is 11.7. The summed E-state index contributed by atoms with van der Waals surface area (Å²) in [6.45, 7) is 6.27. The van der Waals surface area contributed by atoms with Crippen LogP contribution in [-0.2, 0) is 9.59 Å². The average molecular weight is 376 g/mol. The van der Waals surface area contributed by atoms with Crippen LogP contribution in [0.3, 0.4) is 0 Å². The van der Waals surface area contributed by atoms with Crippen LogP contribution in [0.4, 0.5) is 0 Å². The molecule has 0 aromatic heterocycles. The molecule has 1 unspecified atom stereocenters. The number of carbonyl (C=O) groups excluding carboxylic acids is 2. The van der Waals surface area contributed by atoms with E-state index >= 15 is 0 Å². The maximum absolute atomic E-state index is 13.3. The Bertz CT molecular complexity index is 548. The van der Waals surface area contributed by atoms with E-state index in [9.17, 15) is 9.59 Å². The zero-order valence-electron chi connectivity index (χ0n) is 17.2. The Morgan fingerprint density at radius 1 is 1.30 bits per heavy atom. The summed E-state index contributed by atoms with van der Waals surface area (Å²) >= 11 is 0. The number of hydrogen-bond acceptors (Lipinski definition) is 3.